The molecule has 3 heterocycles. The molecule has 1 aromatic heterocycles. The summed E-state index contributed by atoms with van der Waals surface area (Å²) in [6, 6.07) is 17.3. The van der Waals surface area contributed by atoms with E-state index >= 15 is 0 Å². The molecule has 1 amide bonds. The van der Waals surface area contributed by atoms with E-state index in [0.29, 0.717) is 30.1 Å². The van der Waals surface area contributed by atoms with Crippen LogP contribution < -0.4 is 5.43 Å². The summed E-state index contributed by atoms with van der Waals surface area (Å²) in [7, 11) is 0. The van der Waals surface area contributed by atoms with Crippen LogP contribution in [0.25, 0.3) is 11.0 Å². The molecule has 5 nitrogen and oxygen atoms in total. The van der Waals surface area contributed by atoms with Gasteiger partial charge in [0.05, 0.1) is 5.39 Å². The van der Waals surface area contributed by atoms with E-state index in [2.05, 4.69) is 29.2 Å². The van der Waals surface area contributed by atoms with Gasteiger partial charge in [-0.3, -0.25) is 14.5 Å². The average molecular weight is 374 g/mol. The van der Waals surface area contributed by atoms with Gasteiger partial charge in [-0.2, -0.15) is 0 Å². The second kappa shape index (κ2) is 6.91. The summed E-state index contributed by atoms with van der Waals surface area (Å²) >= 11 is 0. The van der Waals surface area contributed by atoms with E-state index in [4.69, 9.17) is 4.42 Å². The standard InChI is InChI=1S/C23H22N2O3/c26-20-13-22(28-21-8-4-3-7-19(20)21)23(27)25-12-10-18(15-25)24-11-9-16-5-1-2-6-17(16)14-24/h1-8,13,18H,9-12,14-15H2. The van der Waals surface area contributed by atoms with Gasteiger partial charge >= 0.3 is 0 Å². The molecular weight excluding hydrogens is 352 g/mol. The number of hydrogen-bond donors (Lipinski definition) is 0. The number of carbonyl (C=O) groups is 1. The predicted molar refractivity (Wildman–Crippen MR) is 107 cm³/mol. The van der Waals surface area contributed by atoms with Crippen molar-refractivity contribution in [3.05, 3.63) is 81.7 Å². The Morgan fingerprint density at radius 3 is 2.68 bits per heavy atom. The molecule has 1 atom stereocenters. The molecule has 0 bridgehead atoms. The van der Waals surface area contributed by atoms with E-state index in [-0.39, 0.29) is 17.1 Å². The Balaban J connectivity index is 1.32. The molecule has 1 saturated heterocycles. The van der Waals surface area contributed by atoms with Gasteiger partial charge in [-0.1, -0.05) is 36.4 Å². The number of amides is 1. The SMILES string of the molecule is O=C(c1cc(=O)c2ccccc2o1)N1CCC(N2CCc3ccccc3C2)C1. The highest BCUT2D eigenvalue weighted by molar-refractivity contribution is 5.93. The van der Waals surface area contributed by atoms with Crippen molar-refractivity contribution in [2.75, 3.05) is 19.6 Å². The number of benzene rings is 2. The van der Waals surface area contributed by atoms with E-state index < -0.39 is 0 Å². The third kappa shape index (κ3) is 3.02. The van der Waals surface area contributed by atoms with Crippen LogP contribution in [0.1, 0.15) is 28.1 Å². The maximum atomic E-state index is 12.9. The molecule has 1 fully saturated rings. The van der Waals surface area contributed by atoms with Crippen molar-refractivity contribution in [1.29, 1.82) is 0 Å². The number of fused-ring (bicyclic) bond motifs is 2. The maximum Gasteiger partial charge on any atom is 0.289 e. The first-order valence-electron chi connectivity index (χ1n) is 9.82. The molecule has 0 aliphatic carbocycles. The summed E-state index contributed by atoms with van der Waals surface area (Å²) in [6.07, 6.45) is 2.01. The van der Waals surface area contributed by atoms with E-state index in [1.54, 1.807) is 24.3 Å². The molecule has 28 heavy (non-hydrogen) atoms. The highest BCUT2D eigenvalue weighted by Gasteiger charge is 2.33. The summed E-state index contributed by atoms with van der Waals surface area (Å²) < 4.78 is 5.74. The number of hydrogen-bond acceptors (Lipinski definition) is 4. The van der Waals surface area contributed by atoms with Crippen molar-refractivity contribution in [1.82, 2.24) is 9.80 Å². The quantitative estimate of drug-likeness (QED) is 0.692. The van der Waals surface area contributed by atoms with Gasteiger partial charge in [-0.25, -0.2) is 0 Å². The topological polar surface area (TPSA) is 53.8 Å². The van der Waals surface area contributed by atoms with Gasteiger partial charge in [0, 0.05) is 38.3 Å². The summed E-state index contributed by atoms with van der Waals surface area (Å²) in [5.41, 5.74) is 3.11. The molecular formula is C23H22N2O3. The van der Waals surface area contributed by atoms with Crippen molar-refractivity contribution in [2.45, 2.75) is 25.4 Å². The lowest BCUT2D eigenvalue weighted by Crippen LogP contribution is -2.41. The van der Waals surface area contributed by atoms with E-state index in [9.17, 15) is 9.59 Å². The third-order valence-corrected chi connectivity index (χ3v) is 5.97. The van der Waals surface area contributed by atoms with Gasteiger partial charge < -0.3 is 9.32 Å². The van der Waals surface area contributed by atoms with Crippen LogP contribution in [-0.4, -0.2) is 41.4 Å². The Kier molecular flexibility index (Phi) is 4.24. The first kappa shape index (κ1) is 17.2. The Hall–Kier alpha value is -2.92. The lowest BCUT2D eigenvalue weighted by atomic mass is 9.98. The number of rotatable bonds is 2. The Morgan fingerprint density at radius 2 is 1.79 bits per heavy atom. The summed E-state index contributed by atoms with van der Waals surface area (Å²) in [5, 5.41) is 0.505. The molecule has 142 valence electrons. The van der Waals surface area contributed by atoms with Gasteiger partial charge in [-0.05, 0) is 36.1 Å². The van der Waals surface area contributed by atoms with Gasteiger partial charge in [0.1, 0.15) is 5.58 Å². The van der Waals surface area contributed by atoms with E-state index in [1.165, 1.54) is 17.2 Å². The lowest BCUT2D eigenvalue weighted by Gasteiger charge is -2.33. The molecule has 0 N–H and O–H groups in total. The van der Waals surface area contributed by atoms with Crippen LogP contribution >= 0.6 is 0 Å². The summed E-state index contributed by atoms with van der Waals surface area (Å²) in [6.45, 7) is 3.33. The fraction of sp³-hybridized carbons (Fsp3) is 0.304. The number of carbonyl (C=O) groups excluding carboxylic acids is 1. The van der Waals surface area contributed by atoms with Crippen molar-refractivity contribution in [3.8, 4) is 0 Å². The smallest absolute Gasteiger partial charge is 0.289 e. The summed E-state index contributed by atoms with van der Waals surface area (Å²) in [4.78, 5) is 29.5. The molecule has 2 aromatic carbocycles. The minimum absolute atomic E-state index is 0.133. The first-order valence-corrected chi connectivity index (χ1v) is 9.82. The second-order valence-electron chi connectivity index (χ2n) is 7.65. The predicted octanol–water partition coefficient (Wildman–Crippen LogP) is 3.07. The van der Waals surface area contributed by atoms with Crippen LogP contribution in [0.4, 0.5) is 0 Å². The Morgan fingerprint density at radius 1 is 1.00 bits per heavy atom. The third-order valence-electron chi connectivity index (χ3n) is 5.97. The second-order valence-corrected chi connectivity index (χ2v) is 7.65. The van der Waals surface area contributed by atoms with Crippen LogP contribution in [0.5, 0.6) is 0 Å². The van der Waals surface area contributed by atoms with Gasteiger partial charge in [0.25, 0.3) is 5.91 Å². The minimum Gasteiger partial charge on any atom is -0.451 e. The van der Waals surface area contributed by atoms with Gasteiger partial charge in [0.2, 0.25) is 0 Å². The molecule has 2 aliphatic heterocycles. The molecule has 0 saturated carbocycles. The molecule has 5 rings (SSSR count). The zero-order valence-corrected chi connectivity index (χ0v) is 15.6. The molecule has 0 spiro atoms. The molecule has 0 radical (unpaired) electrons. The van der Waals surface area contributed by atoms with E-state index in [0.717, 1.165) is 25.9 Å². The normalized spacial score (nSPS) is 19.7. The molecule has 3 aromatic rings. The Labute approximate surface area is 163 Å². The van der Waals surface area contributed by atoms with E-state index in [1.807, 2.05) is 4.90 Å². The molecule has 1 unspecified atom stereocenters. The van der Waals surface area contributed by atoms with Gasteiger partial charge in [0.15, 0.2) is 11.2 Å². The average Bonchev–Trinajstić information content (AvgIpc) is 3.23. The first-order chi connectivity index (χ1) is 13.7. The van der Waals surface area contributed by atoms with Crippen LogP contribution in [0, 0.1) is 0 Å². The fourth-order valence-corrected chi connectivity index (χ4v) is 4.42. The summed E-state index contributed by atoms with van der Waals surface area (Å²) in [5.74, 6) is -0.0592. The van der Waals surface area contributed by atoms with Crippen LogP contribution in [0.2, 0.25) is 0 Å². The van der Waals surface area contributed by atoms with Crippen LogP contribution in [0.3, 0.4) is 0 Å². The fourth-order valence-electron chi connectivity index (χ4n) is 4.42. The highest BCUT2D eigenvalue weighted by atomic mass is 16.3. The zero-order chi connectivity index (χ0) is 19.1. The van der Waals surface area contributed by atoms with Crippen LogP contribution in [-0.2, 0) is 13.0 Å². The molecule has 2 aliphatic rings. The van der Waals surface area contributed by atoms with Crippen molar-refractivity contribution in [3.63, 3.8) is 0 Å². The number of nitrogens with zero attached hydrogens (tertiary/aromatic N) is 2. The monoisotopic (exact) mass is 374 g/mol. The Bertz CT molecular complexity index is 1100. The van der Waals surface area contributed by atoms with Gasteiger partial charge in [-0.15, -0.1) is 0 Å². The largest absolute Gasteiger partial charge is 0.451 e. The molecule has 5 heteroatoms. The number of likely N-dealkylation sites (tertiary alicyclic amines) is 1. The van der Waals surface area contributed by atoms with Crippen molar-refractivity contribution in [2.24, 2.45) is 0 Å². The lowest BCUT2D eigenvalue weighted by molar-refractivity contribution is 0.0742. The maximum absolute atomic E-state index is 12.9. The van der Waals surface area contributed by atoms with Crippen LogP contribution in [0.15, 0.2) is 63.8 Å². The highest BCUT2D eigenvalue weighted by Crippen LogP contribution is 2.25. The minimum atomic E-state index is -0.192. The zero-order valence-electron chi connectivity index (χ0n) is 15.6. The van der Waals surface area contributed by atoms with Crippen molar-refractivity contribution >= 4 is 16.9 Å². The number of para-hydroxylation sites is 1. The van der Waals surface area contributed by atoms with Crippen molar-refractivity contribution < 1.29 is 9.21 Å².